The van der Waals surface area contributed by atoms with Gasteiger partial charge in [-0.25, -0.2) is 0 Å². The van der Waals surface area contributed by atoms with Crippen LogP contribution in [0.4, 0.5) is 0 Å². The molecule has 0 aromatic heterocycles. The van der Waals surface area contributed by atoms with Gasteiger partial charge >= 0.3 is 0 Å². The summed E-state index contributed by atoms with van der Waals surface area (Å²) >= 11 is 7.71. The molecule has 0 aliphatic carbocycles. The van der Waals surface area contributed by atoms with Crippen LogP contribution in [0.3, 0.4) is 0 Å². The molecular formula is C23H29ClN2O2S. The Morgan fingerprint density at radius 1 is 1.07 bits per heavy atom. The number of amides is 2. The third-order valence-corrected chi connectivity index (χ3v) is 6.14. The van der Waals surface area contributed by atoms with Crippen LogP contribution in [0.15, 0.2) is 54.6 Å². The van der Waals surface area contributed by atoms with E-state index in [0.717, 1.165) is 17.5 Å². The first-order valence-corrected chi connectivity index (χ1v) is 11.4. The quantitative estimate of drug-likeness (QED) is 0.580. The average Bonchev–Trinajstić information content (AvgIpc) is 2.73. The molecule has 2 amide bonds. The molecule has 156 valence electrons. The number of benzene rings is 2. The molecule has 0 aliphatic rings. The van der Waals surface area contributed by atoms with Gasteiger partial charge in [-0.2, -0.15) is 0 Å². The lowest BCUT2D eigenvalue weighted by Gasteiger charge is -2.29. The summed E-state index contributed by atoms with van der Waals surface area (Å²) in [4.78, 5) is 27.3. The Kier molecular flexibility index (Phi) is 9.55. The Hall–Kier alpha value is -1.98. The van der Waals surface area contributed by atoms with E-state index in [-0.39, 0.29) is 17.9 Å². The number of hydrogen-bond donors (Lipinski definition) is 1. The van der Waals surface area contributed by atoms with Crippen molar-refractivity contribution in [2.75, 3.05) is 5.75 Å². The second-order valence-electron chi connectivity index (χ2n) is 7.09. The van der Waals surface area contributed by atoms with Crippen molar-refractivity contribution in [2.45, 2.75) is 51.6 Å². The van der Waals surface area contributed by atoms with Crippen LogP contribution >= 0.6 is 23.4 Å². The zero-order chi connectivity index (χ0) is 21.2. The van der Waals surface area contributed by atoms with Crippen LogP contribution in [0.2, 0.25) is 5.02 Å². The van der Waals surface area contributed by atoms with Crippen molar-refractivity contribution >= 4 is 35.2 Å². The Labute approximate surface area is 183 Å². The van der Waals surface area contributed by atoms with Crippen molar-refractivity contribution in [1.29, 1.82) is 0 Å². The van der Waals surface area contributed by atoms with Crippen LogP contribution in [-0.4, -0.2) is 34.6 Å². The maximum Gasteiger partial charge on any atom is 0.242 e. The van der Waals surface area contributed by atoms with Gasteiger partial charge in [-0.1, -0.05) is 67.1 Å². The lowest BCUT2D eigenvalue weighted by molar-refractivity contribution is -0.138. The second-order valence-corrected chi connectivity index (χ2v) is 8.48. The molecule has 0 fully saturated rings. The predicted molar refractivity (Wildman–Crippen MR) is 122 cm³/mol. The molecule has 4 nitrogen and oxygen atoms in total. The van der Waals surface area contributed by atoms with Crippen LogP contribution < -0.4 is 5.32 Å². The molecule has 2 aromatic carbocycles. The lowest BCUT2D eigenvalue weighted by Crippen LogP contribution is -2.50. The molecule has 6 heteroatoms. The van der Waals surface area contributed by atoms with E-state index in [1.54, 1.807) is 11.8 Å². The van der Waals surface area contributed by atoms with Gasteiger partial charge < -0.3 is 10.2 Å². The molecule has 2 atom stereocenters. The van der Waals surface area contributed by atoms with Crippen LogP contribution in [0.25, 0.3) is 0 Å². The van der Waals surface area contributed by atoms with Gasteiger partial charge in [0.05, 0.1) is 5.75 Å². The Bertz CT molecular complexity index is 800. The average molecular weight is 433 g/mol. The van der Waals surface area contributed by atoms with Gasteiger partial charge in [-0.3, -0.25) is 9.59 Å². The third kappa shape index (κ3) is 7.41. The van der Waals surface area contributed by atoms with E-state index in [1.165, 1.54) is 11.8 Å². The van der Waals surface area contributed by atoms with Gasteiger partial charge in [0.1, 0.15) is 6.04 Å². The first-order valence-electron chi connectivity index (χ1n) is 9.87. The van der Waals surface area contributed by atoms with Gasteiger partial charge in [0.15, 0.2) is 0 Å². The summed E-state index contributed by atoms with van der Waals surface area (Å²) in [5.74, 6) is 0.759. The molecule has 2 rings (SSSR count). The summed E-state index contributed by atoms with van der Waals surface area (Å²) < 4.78 is 0. The largest absolute Gasteiger partial charge is 0.352 e. The van der Waals surface area contributed by atoms with Gasteiger partial charge in [0.2, 0.25) is 11.8 Å². The van der Waals surface area contributed by atoms with E-state index in [1.807, 2.05) is 68.4 Å². The fraction of sp³-hybridized carbons (Fsp3) is 0.391. The smallest absolute Gasteiger partial charge is 0.242 e. The molecule has 29 heavy (non-hydrogen) atoms. The molecular weight excluding hydrogens is 404 g/mol. The molecule has 0 saturated carbocycles. The highest BCUT2D eigenvalue weighted by Crippen LogP contribution is 2.21. The summed E-state index contributed by atoms with van der Waals surface area (Å²) in [7, 11) is 0. The van der Waals surface area contributed by atoms with Crippen molar-refractivity contribution in [1.82, 2.24) is 10.2 Å². The summed E-state index contributed by atoms with van der Waals surface area (Å²) in [5, 5.41) is 3.69. The zero-order valence-corrected chi connectivity index (χ0v) is 18.8. The minimum Gasteiger partial charge on any atom is -0.352 e. The first kappa shape index (κ1) is 23.3. The normalized spacial score (nSPS) is 12.8. The number of carbonyl (C=O) groups excluding carboxylic acids is 2. The lowest BCUT2D eigenvalue weighted by atomic mass is 10.1. The van der Waals surface area contributed by atoms with E-state index < -0.39 is 6.04 Å². The number of carbonyl (C=O) groups is 2. The summed E-state index contributed by atoms with van der Waals surface area (Å²) in [6.07, 6.45) is 0.846. The third-order valence-electron chi connectivity index (χ3n) is 4.81. The van der Waals surface area contributed by atoms with Crippen molar-refractivity contribution in [2.24, 2.45) is 0 Å². The number of hydrogen-bond acceptors (Lipinski definition) is 3. The molecule has 0 saturated heterocycles. The van der Waals surface area contributed by atoms with Crippen LogP contribution in [0, 0.1) is 0 Å². The van der Waals surface area contributed by atoms with Crippen molar-refractivity contribution in [3.8, 4) is 0 Å². The summed E-state index contributed by atoms with van der Waals surface area (Å²) in [6, 6.07) is 16.9. The standard InChI is InChI=1S/C23H29ClN2O2S/c1-4-17(2)25-23(28)18(3)26(14-19-10-6-5-7-11-19)22(27)16-29-15-20-12-8-9-13-21(20)24/h5-13,17-18H,4,14-16H2,1-3H3,(H,25,28)/t17-,18-/m0/s1. The van der Waals surface area contributed by atoms with Gasteiger partial charge in [0, 0.05) is 23.4 Å². The number of nitrogens with one attached hydrogen (secondary N) is 1. The summed E-state index contributed by atoms with van der Waals surface area (Å²) in [5.41, 5.74) is 2.00. The van der Waals surface area contributed by atoms with Crippen LogP contribution in [0.1, 0.15) is 38.3 Å². The number of rotatable bonds is 10. The summed E-state index contributed by atoms with van der Waals surface area (Å²) in [6.45, 7) is 6.18. The highest BCUT2D eigenvalue weighted by Gasteiger charge is 2.26. The Morgan fingerprint density at radius 2 is 1.72 bits per heavy atom. The topological polar surface area (TPSA) is 49.4 Å². The predicted octanol–water partition coefficient (Wildman–Crippen LogP) is 4.91. The van der Waals surface area contributed by atoms with Gasteiger partial charge in [-0.05, 0) is 37.5 Å². The number of thioether (sulfide) groups is 1. The highest BCUT2D eigenvalue weighted by atomic mass is 35.5. The monoisotopic (exact) mass is 432 g/mol. The van der Waals surface area contributed by atoms with E-state index in [2.05, 4.69) is 5.32 Å². The second kappa shape index (κ2) is 11.9. The zero-order valence-electron chi connectivity index (χ0n) is 17.2. The van der Waals surface area contributed by atoms with Crippen molar-refractivity contribution < 1.29 is 9.59 Å². The SMILES string of the molecule is CC[C@H](C)NC(=O)[C@H](C)N(Cc1ccccc1)C(=O)CSCc1ccccc1Cl. The fourth-order valence-corrected chi connectivity index (χ4v) is 3.97. The molecule has 2 aromatic rings. The first-order chi connectivity index (χ1) is 13.9. The Balaban J connectivity index is 2.05. The van der Waals surface area contributed by atoms with E-state index in [4.69, 9.17) is 11.6 Å². The minimum absolute atomic E-state index is 0.0577. The fourth-order valence-electron chi connectivity index (χ4n) is 2.77. The molecule has 0 aliphatic heterocycles. The molecule has 1 N–H and O–H groups in total. The minimum atomic E-state index is -0.544. The van der Waals surface area contributed by atoms with E-state index in [0.29, 0.717) is 23.1 Å². The number of nitrogens with zero attached hydrogens (tertiary/aromatic N) is 1. The number of halogens is 1. The highest BCUT2D eigenvalue weighted by molar-refractivity contribution is 7.99. The van der Waals surface area contributed by atoms with Gasteiger partial charge in [0.25, 0.3) is 0 Å². The molecule has 0 bridgehead atoms. The Morgan fingerprint density at radius 3 is 2.38 bits per heavy atom. The van der Waals surface area contributed by atoms with Crippen LogP contribution in [0.5, 0.6) is 0 Å². The molecule has 0 spiro atoms. The van der Waals surface area contributed by atoms with Crippen LogP contribution in [-0.2, 0) is 21.9 Å². The maximum absolute atomic E-state index is 13.0. The van der Waals surface area contributed by atoms with E-state index >= 15 is 0 Å². The molecule has 0 unspecified atom stereocenters. The molecule has 0 heterocycles. The van der Waals surface area contributed by atoms with Crippen molar-refractivity contribution in [3.63, 3.8) is 0 Å². The maximum atomic E-state index is 13.0. The van der Waals surface area contributed by atoms with Crippen molar-refractivity contribution in [3.05, 3.63) is 70.7 Å². The molecule has 0 radical (unpaired) electrons. The van der Waals surface area contributed by atoms with Gasteiger partial charge in [-0.15, -0.1) is 11.8 Å². The van der Waals surface area contributed by atoms with E-state index in [9.17, 15) is 9.59 Å².